The van der Waals surface area contributed by atoms with Crippen molar-refractivity contribution in [2.75, 3.05) is 31.6 Å². The fourth-order valence-electron chi connectivity index (χ4n) is 2.42. The molecular formula is C14H18N4O3S. The zero-order chi connectivity index (χ0) is 15.4. The Balaban J connectivity index is 1.65. The number of hydrogen-bond donors (Lipinski definition) is 1. The van der Waals surface area contributed by atoms with Gasteiger partial charge in [-0.1, -0.05) is 18.3 Å². The third-order valence-corrected chi connectivity index (χ3v) is 4.16. The second kappa shape index (κ2) is 6.99. The van der Waals surface area contributed by atoms with E-state index >= 15 is 0 Å². The van der Waals surface area contributed by atoms with Gasteiger partial charge in [0, 0.05) is 13.0 Å². The smallest absolute Gasteiger partial charge is 0.240 e. The largest absolute Gasteiger partial charge is 0.464 e. The van der Waals surface area contributed by atoms with Crippen molar-refractivity contribution < 1.29 is 13.9 Å². The van der Waals surface area contributed by atoms with Crippen molar-refractivity contribution in [3.8, 4) is 0 Å². The molecule has 0 aliphatic carbocycles. The highest BCUT2D eigenvalue weighted by molar-refractivity contribution is 7.13. The molecule has 1 atom stereocenters. The number of aryl methyl sites for hydroxylation is 1. The highest BCUT2D eigenvalue weighted by Gasteiger charge is 2.28. The summed E-state index contributed by atoms with van der Waals surface area (Å²) in [6.07, 6.45) is 0.852. The van der Waals surface area contributed by atoms with Gasteiger partial charge in [-0.05, 0) is 12.1 Å². The van der Waals surface area contributed by atoms with Crippen LogP contribution in [0.1, 0.15) is 24.5 Å². The topological polar surface area (TPSA) is 80.5 Å². The summed E-state index contributed by atoms with van der Waals surface area (Å²) in [5.74, 6) is 1.69. The van der Waals surface area contributed by atoms with E-state index in [2.05, 4.69) is 20.4 Å². The van der Waals surface area contributed by atoms with Gasteiger partial charge in [0.15, 0.2) is 0 Å². The summed E-state index contributed by atoms with van der Waals surface area (Å²) < 4.78 is 11.4. The Morgan fingerprint density at radius 1 is 1.55 bits per heavy atom. The average Bonchev–Trinajstić information content (AvgIpc) is 3.19. The lowest BCUT2D eigenvalue weighted by molar-refractivity contribution is -0.120. The molecule has 3 heterocycles. The van der Waals surface area contributed by atoms with Crippen LogP contribution in [0.2, 0.25) is 0 Å². The van der Waals surface area contributed by atoms with Gasteiger partial charge in [-0.2, -0.15) is 0 Å². The number of carbonyl (C=O) groups excluding carboxylic acids is 1. The molecule has 0 radical (unpaired) electrons. The number of amides is 1. The molecule has 1 saturated heterocycles. The molecule has 0 aromatic carbocycles. The maximum atomic E-state index is 12.1. The minimum absolute atomic E-state index is 0.0331. The molecule has 22 heavy (non-hydrogen) atoms. The van der Waals surface area contributed by atoms with Crippen LogP contribution in [0.3, 0.4) is 0 Å². The van der Waals surface area contributed by atoms with Crippen molar-refractivity contribution in [3.05, 3.63) is 29.2 Å². The lowest BCUT2D eigenvalue weighted by Gasteiger charge is -2.33. The predicted molar refractivity (Wildman–Crippen MR) is 81.8 cm³/mol. The SMILES string of the molecule is CCc1ccc([C@@H]2COCCN2CC(=O)Nc2nncs2)o1. The molecule has 1 amide bonds. The van der Waals surface area contributed by atoms with Crippen molar-refractivity contribution in [2.45, 2.75) is 19.4 Å². The third kappa shape index (κ3) is 3.52. The molecule has 2 aromatic rings. The molecule has 1 fully saturated rings. The van der Waals surface area contributed by atoms with E-state index in [1.54, 1.807) is 5.51 Å². The Morgan fingerprint density at radius 3 is 3.18 bits per heavy atom. The lowest BCUT2D eigenvalue weighted by Crippen LogP contribution is -2.43. The molecule has 0 unspecified atom stereocenters. The molecular weight excluding hydrogens is 304 g/mol. The summed E-state index contributed by atoms with van der Waals surface area (Å²) in [5, 5.41) is 10.8. The Morgan fingerprint density at radius 2 is 2.45 bits per heavy atom. The fraction of sp³-hybridized carbons (Fsp3) is 0.500. The predicted octanol–water partition coefficient (Wildman–Crippen LogP) is 1.71. The van der Waals surface area contributed by atoms with Crippen LogP contribution in [-0.4, -0.2) is 47.3 Å². The van der Waals surface area contributed by atoms with Crippen LogP contribution in [0.5, 0.6) is 0 Å². The number of morpholine rings is 1. The first kappa shape index (κ1) is 15.1. The molecule has 118 valence electrons. The van der Waals surface area contributed by atoms with E-state index in [-0.39, 0.29) is 18.5 Å². The van der Waals surface area contributed by atoms with Crippen molar-refractivity contribution in [3.63, 3.8) is 0 Å². The maximum absolute atomic E-state index is 12.1. The van der Waals surface area contributed by atoms with E-state index in [9.17, 15) is 4.79 Å². The van der Waals surface area contributed by atoms with E-state index in [1.807, 2.05) is 19.1 Å². The van der Waals surface area contributed by atoms with Crippen LogP contribution in [-0.2, 0) is 16.0 Å². The number of anilines is 1. The summed E-state index contributed by atoms with van der Waals surface area (Å²) in [5.41, 5.74) is 1.59. The van der Waals surface area contributed by atoms with Crippen molar-refractivity contribution >= 4 is 22.4 Å². The van der Waals surface area contributed by atoms with Crippen molar-refractivity contribution in [1.29, 1.82) is 0 Å². The van der Waals surface area contributed by atoms with Crippen LogP contribution < -0.4 is 5.32 Å². The van der Waals surface area contributed by atoms with E-state index in [0.29, 0.717) is 24.9 Å². The molecule has 0 saturated carbocycles. The number of furan rings is 1. The first-order chi connectivity index (χ1) is 10.8. The Labute approximate surface area is 132 Å². The van der Waals surface area contributed by atoms with Gasteiger partial charge in [0.1, 0.15) is 17.0 Å². The van der Waals surface area contributed by atoms with Crippen LogP contribution in [0.15, 0.2) is 22.1 Å². The second-order valence-corrected chi connectivity index (χ2v) is 5.84. The number of nitrogens with zero attached hydrogens (tertiary/aromatic N) is 3. The van der Waals surface area contributed by atoms with E-state index in [0.717, 1.165) is 17.9 Å². The zero-order valence-corrected chi connectivity index (χ0v) is 13.1. The van der Waals surface area contributed by atoms with Gasteiger partial charge in [-0.3, -0.25) is 15.0 Å². The lowest BCUT2D eigenvalue weighted by atomic mass is 10.1. The first-order valence-electron chi connectivity index (χ1n) is 7.22. The summed E-state index contributed by atoms with van der Waals surface area (Å²) in [6.45, 7) is 4.16. The normalized spacial score (nSPS) is 19.2. The van der Waals surface area contributed by atoms with Gasteiger partial charge < -0.3 is 9.15 Å². The van der Waals surface area contributed by atoms with Gasteiger partial charge in [0.2, 0.25) is 11.0 Å². The van der Waals surface area contributed by atoms with E-state index in [1.165, 1.54) is 11.3 Å². The second-order valence-electron chi connectivity index (χ2n) is 5.01. The maximum Gasteiger partial charge on any atom is 0.240 e. The third-order valence-electron chi connectivity index (χ3n) is 3.55. The summed E-state index contributed by atoms with van der Waals surface area (Å²) in [7, 11) is 0. The van der Waals surface area contributed by atoms with Crippen LogP contribution in [0, 0.1) is 0 Å². The Bertz CT molecular complexity index is 613. The number of aromatic nitrogens is 2. The minimum Gasteiger partial charge on any atom is -0.464 e. The van der Waals surface area contributed by atoms with Gasteiger partial charge in [0.25, 0.3) is 0 Å². The fourth-order valence-corrected chi connectivity index (χ4v) is 2.88. The number of nitrogens with one attached hydrogen (secondary N) is 1. The Hall–Kier alpha value is -1.77. The van der Waals surface area contributed by atoms with Gasteiger partial charge in [0.05, 0.1) is 25.8 Å². The molecule has 7 nitrogen and oxygen atoms in total. The van der Waals surface area contributed by atoms with Gasteiger partial charge in [-0.15, -0.1) is 10.2 Å². The zero-order valence-electron chi connectivity index (χ0n) is 12.3. The van der Waals surface area contributed by atoms with E-state index < -0.39 is 0 Å². The monoisotopic (exact) mass is 322 g/mol. The summed E-state index contributed by atoms with van der Waals surface area (Å²) in [6, 6.07) is 3.91. The number of rotatable bonds is 5. The van der Waals surface area contributed by atoms with Crippen LogP contribution in [0.4, 0.5) is 5.13 Å². The number of carbonyl (C=O) groups is 1. The summed E-state index contributed by atoms with van der Waals surface area (Å²) >= 11 is 1.30. The van der Waals surface area contributed by atoms with Crippen LogP contribution >= 0.6 is 11.3 Å². The molecule has 1 aliphatic heterocycles. The standard InChI is InChI=1S/C14H18N4O3S/c1-2-10-3-4-12(21-10)11-8-20-6-5-18(11)7-13(19)16-14-17-15-9-22-14/h3-4,9,11H,2,5-8H2,1H3,(H,16,17,19)/t11-/m0/s1. The van der Waals surface area contributed by atoms with Gasteiger partial charge >= 0.3 is 0 Å². The highest BCUT2D eigenvalue weighted by Crippen LogP contribution is 2.26. The molecule has 3 rings (SSSR count). The first-order valence-corrected chi connectivity index (χ1v) is 8.10. The molecule has 1 aliphatic rings. The minimum atomic E-state index is -0.106. The van der Waals surface area contributed by atoms with Crippen LogP contribution in [0.25, 0.3) is 0 Å². The number of hydrogen-bond acceptors (Lipinski definition) is 7. The van der Waals surface area contributed by atoms with Gasteiger partial charge in [-0.25, -0.2) is 0 Å². The summed E-state index contributed by atoms with van der Waals surface area (Å²) in [4.78, 5) is 14.2. The molecule has 2 aromatic heterocycles. The highest BCUT2D eigenvalue weighted by atomic mass is 32.1. The quantitative estimate of drug-likeness (QED) is 0.902. The molecule has 8 heteroatoms. The Kier molecular flexibility index (Phi) is 4.81. The molecule has 0 bridgehead atoms. The van der Waals surface area contributed by atoms with Crippen molar-refractivity contribution in [1.82, 2.24) is 15.1 Å². The van der Waals surface area contributed by atoms with E-state index in [4.69, 9.17) is 9.15 Å². The molecule has 1 N–H and O–H groups in total. The van der Waals surface area contributed by atoms with Crippen molar-refractivity contribution in [2.24, 2.45) is 0 Å². The average molecular weight is 322 g/mol. The number of ether oxygens (including phenoxy) is 1. The molecule has 0 spiro atoms.